The maximum Gasteiger partial charge on any atom is 0.271 e. The summed E-state index contributed by atoms with van der Waals surface area (Å²) in [6.45, 7) is 0. The predicted octanol–water partition coefficient (Wildman–Crippen LogP) is 4.28. The quantitative estimate of drug-likeness (QED) is 0.521. The molecule has 0 atom stereocenters. The molecule has 2 rings (SSSR count). The lowest BCUT2D eigenvalue weighted by Crippen LogP contribution is -1.95. The molecule has 0 fully saturated rings. The standard InChI is InChI=1S/C12H8Cl2N2O3/c13-7-3-8(14)5-10(4-7)19-12-2-1-9(16(17)18)6-11(12)15/h1-6H,15H2. The van der Waals surface area contributed by atoms with Gasteiger partial charge >= 0.3 is 0 Å². The summed E-state index contributed by atoms with van der Waals surface area (Å²) in [6.07, 6.45) is 0. The summed E-state index contributed by atoms with van der Waals surface area (Å²) >= 11 is 11.7. The topological polar surface area (TPSA) is 78.4 Å². The average molecular weight is 299 g/mol. The largest absolute Gasteiger partial charge is 0.455 e. The van der Waals surface area contributed by atoms with Crippen LogP contribution in [0.1, 0.15) is 0 Å². The molecule has 2 aromatic carbocycles. The van der Waals surface area contributed by atoms with Gasteiger partial charge in [0.2, 0.25) is 0 Å². The van der Waals surface area contributed by atoms with Crippen molar-refractivity contribution in [2.75, 3.05) is 5.73 Å². The van der Waals surface area contributed by atoms with Crippen molar-refractivity contribution in [1.82, 2.24) is 0 Å². The highest BCUT2D eigenvalue weighted by Crippen LogP contribution is 2.33. The van der Waals surface area contributed by atoms with Crippen molar-refractivity contribution in [3.63, 3.8) is 0 Å². The van der Waals surface area contributed by atoms with Gasteiger partial charge in [0.05, 0.1) is 10.6 Å². The Morgan fingerprint density at radius 2 is 1.74 bits per heavy atom. The monoisotopic (exact) mass is 298 g/mol. The minimum Gasteiger partial charge on any atom is -0.455 e. The Balaban J connectivity index is 2.30. The fourth-order valence-corrected chi connectivity index (χ4v) is 1.96. The molecule has 0 heterocycles. The number of ether oxygens (including phenoxy) is 1. The van der Waals surface area contributed by atoms with Gasteiger partial charge in [-0.25, -0.2) is 0 Å². The molecule has 0 aliphatic heterocycles. The molecule has 0 saturated carbocycles. The molecular weight excluding hydrogens is 291 g/mol. The highest BCUT2D eigenvalue weighted by atomic mass is 35.5. The van der Waals surface area contributed by atoms with E-state index in [-0.39, 0.29) is 11.4 Å². The Hall–Kier alpha value is -1.98. The Kier molecular flexibility index (Phi) is 3.78. The van der Waals surface area contributed by atoms with E-state index in [1.54, 1.807) is 18.2 Å². The molecule has 0 aromatic heterocycles. The Labute approximate surface area is 118 Å². The zero-order valence-corrected chi connectivity index (χ0v) is 11.0. The van der Waals surface area contributed by atoms with Gasteiger partial charge in [-0.15, -0.1) is 0 Å². The average Bonchev–Trinajstić information content (AvgIpc) is 2.30. The Morgan fingerprint density at radius 3 is 2.26 bits per heavy atom. The summed E-state index contributed by atoms with van der Waals surface area (Å²) in [5.74, 6) is 0.696. The highest BCUT2D eigenvalue weighted by molar-refractivity contribution is 6.34. The third-order valence-electron chi connectivity index (χ3n) is 2.27. The number of nitrogen functional groups attached to an aromatic ring is 1. The van der Waals surface area contributed by atoms with Crippen molar-refractivity contribution in [3.8, 4) is 11.5 Å². The van der Waals surface area contributed by atoms with Crippen molar-refractivity contribution in [2.24, 2.45) is 0 Å². The lowest BCUT2D eigenvalue weighted by Gasteiger charge is -2.08. The van der Waals surface area contributed by atoms with Gasteiger partial charge in [0.25, 0.3) is 5.69 Å². The molecular formula is C12H8Cl2N2O3. The summed E-state index contributed by atoms with van der Waals surface area (Å²) in [5, 5.41) is 11.4. The number of benzene rings is 2. The van der Waals surface area contributed by atoms with Crippen molar-refractivity contribution in [1.29, 1.82) is 0 Å². The van der Waals surface area contributed by atoms with Crippen LogP contribution in [-0.2, 0) is 0 Å². The number of non-ortho nitro benzene ring substituents is 1. The second-order valence-electron chi connectivity index (χ2n) is 3.69. The molecule has 2 aromatic rings. The molecule has 5 nitrogen and oxygen atoms in total. The van der Waals surface area contributed by atoms with Crippen LogP contribution in [-0.4, -0.2) is 4.92 Å². The normalized spacial score (nSPS) is 10.2. The van der Waals surface area contributed by atoms with Gasteiger partial charge in [0.1, 0.15) is 5.75 Å². The molecule has 0 aliphatic rings. The number of nitro benzene ring substituents is 1. The SMILES string of the molecule is Nc1cc([N+](=O)[O-])ccc1Oc1cc(Cl)cc(Cl)c1. The first kappa shape index (κ1) is 13.5. The smallest absolute Gasteiger partial charge is 0.271 e. The van der Waals surface area contributed by atoms with Crippen molar-refractivity contribution in [3.05, 3.63) is 56.6 Å². The van der Waals surface area contributed by atoms with Crippen LogP contribution in [0.15, 0.2) is 36.4 Å². The lowest BCUT2D eigenvalue weighted by atomic mass is 10.2. The van der Waals surface area contributed by atoms with Crippen molar-refractivity contribution >= 4 is 34.6 Å². The number of hydrogen-bond acceptors (Lipinski definition) is 4. The number of nitro groups is 1. The van der Waals surface area contributed by atoms with E-state index >= 15 is 0 Å². The lowest BCUT2D eigenvalue weighted by molar-refractivity contribution is -0.384. The van der Waals surface area contributed by atoms with E-state index < -0.39 is 4.92 Å². The van der Waals surface area contributed by atoms with E-state index in [2.05, 4.69) is 0 Å². The van der Waals surface area contributed by atoms with Gasteiger partial charge < -0.3 is 10.5 Å². The Bertz CT molecular complexity index is 627. The van der Waals surface area contributed by atoms with Crippen LogP contribution in [0.25, 0.3) is 0 Å². The van der Waals surface area contributed by atoms with Crippen molar-refractivity contribution < 1.29 is 9.66 Å². The van der Waals surface area contributed by atoms with Crippen LogP contribution in [0.5, 0.6) is 11.5 Å². The third-order valence-corrected chi connectivity index (χ3v) is 2.70. The molecule has 0 unspecified atom stereocenters. The van der Waals surface area contributed by atoms with Gasteiger partial charge in [0, 0.05) is 22.2 Å². The van der Waals surface area contributed by atoms with E-state index in [9.17, 15) is 10.1 Å². The van der Waals surface area contributed by atoms with Gasteiger partial charge in [-0.2, -0.15) is 0 Å². The number of nitrogens with two attached hydrogens (primary N) is 1. The minimum absolute atomic E-state index is 0.103. The summed E-state index contributed by atoms with van der Waals surface area (Å²) in [4.78, 5) is 10.1. The first-order valence-electron chi connectivity index (χ1n) is 5.13. The van der Waals surface area contributed by atoms with Crippen LogP contribution in [0.4, 0.5) is 11.4 Å². The summed E-state index contributed by atoms with van der Waals surface area (Å²) in [5.41, 5.74) is 5.74. The first-order valence-corrected chi connectivity index (χ1v) is 5.89. The summed E-state index contributed by atoms with van der Waals surface area (Å²) in [7, 11) is 0. The van der Waals surface area contributed by atoms with Crippen LogP contribution < -0.4 is 10.5 Å². The van der Waals surface area contributed by atoms with Crippen LogP contribution in [0, 0.1) is 10.1 Å². The fourth-order valence-electron chi connectivity index (χ4n) is 1.46. The molecule has 0 spiro atoms. The number of rotatable bonds is 3. The van der Waals surface area contributed by atoms with Crippen LogP contribution >= 0.6 is 23.2 Å². The maximum atomic E-state index is 10.6. The van der Waals surface area contributed by atoms with Gasteiger partial charge in [0.15, 0.2) is 5.75 Å². The number of anilines is 1. The molecule has 19 heavy (non-hydrogen) atoms. The zero-order chi connectivity index (χ0) is 14.0. The maximum absolute atomic E-state index is 10.6. The molecule has 98 valence electrons. The summed E-state index contributed by atoms with van der Waals surface area (Å²) < 4.78 is 5.49. The molecule has 2 N–H and O–H groups in total. The number of halogens is 2. The van der Waals surface area contributed by atoms with Gasteiger partial charge in [-0.1, -0.05) is 23.2 Å². The third kappa shape index (κ3) is 3.27. The highest BCUT2D eigenvalue weighted by Gasteiger charge is 2.10. The Morgan fingerprint density at radius 1 is 1.11 bits per heavy atom. The van der Waals surface area contributed by atoms with E-state index in [1.165, 1.54) is 18.2 Å². The van der Waals surface area contributed by atoms with Gasteiger partial charge in [-0.05, 0) is 24.3 Å². The van der Waals surface area contributed by atoms with E-state index in [0.717, 1.165) is 0 Å². The second kappa shape index (κ2) is 5.34. The van der Waals surface area contributed by atoms with Gasteiger partial charge in [-0.3, -0.25) is 10.1 Å². The fraction of sp³-hybridized carbons (Fsp3) is 0. The van der Waals surface area contributed by atoms with Crippen LogP contribution in [0.3, 0.4) is 0 Å². The number of nitrogens with zero attached hydrogens (tertiary/aromatic N) is 1. The first-order chi connectivity index (χ1) is 8.95. The number of hydrogen-bond donors (Lipinski definition) is 1. The van der Waals surface area contributed by atoms with E-state index in [4.69, 9.17) is 33.7 Å². The molecule has 0 radical (unpaired) electrons. The molecule has 7 heteroatoms. The molecule has 0 saturated heterocycles. The van der Waals surface area contributed by atoms with E-state index in [1.807, 2.05) is 0 Å². The summed E-state index contributed by atoms with van der Waals surface area (Å²) in [6, 6.07) is 8.64. The zero-order valence-electron chi connectivity index (χ0n) is 9.47. The van der Waals surface area contributed by atoms with Crippen LogP contribution in [0.2, 0.25) is 10.0 Å². The van der Waals surface area contributed by atoms with E-state index in [0.29, 0.717) is 21.5 Å². The second-order valence-corrected chi connectivity index (χ2v) is 4.56. The minimum atomic E-state index is -0.531. The molecule has 0 amide bonds. The molecule has 0 bridgehead atoms. The molecule has 0 aliphatic carbocycles. The van der Waals surface area contributed by atoms with Crippen molar-refractivity contribution in [2.45, 2.75) is 0 Å². The predicted molar refractivity (Wildman–Crippen MR) is 74.0 cm³/mol.